The predicted molar refractivity (Wildman–Crippen MR) is 91.9 cm³/mol. The molecule has 2 aromatic rings. The van der Waals surface area contributed by atoms with Crippen LogP contribution in [0, 0.1) is 5.82 Å². The van der Waals surface area contributed by atoms with Crippen LogP contribution >= 0.6 is 0 Å². The van der Waals surface area contributed by atoms with Gasteiger partial charge in [0, 0.05) is 18.8 Å². The van der Waals surface area contributed by atoms with Gasteiger partial charge in [-0.15, -0.1) is 0 Å². The average molecular weight is 346 g/mol. The normalized spacial score (nSPS) is 17.5. The highest BCUT2D eigenvalue weighted by Crippen LogP contribution is 2.30. The zero-order valence-electron chi connectivity index (χ0n) is 14.7. The Bertz CT molecular complexity index is 774. The summed E-state index contributed by atoms with van der Waals surface area (Å²) in [5.74, 6) is 0.0133. The number of urea groups is 1. The van der Waals surface area contributed by atoms with E-state index in [0.717, 1.165) is 30.5 Å². The molecule has 1 aromatic carbocycles. The third-order valence-electron chi connectivity index (χ3n) is 4.54. The summed E-state index contributed by atoms with van der Waals surface area (Å²) in [7, 11) is 3.36. The fourth-order valence-corrected chi connectivity index (χ4v) is 3.40. The van der Waals surface area contributed by atoms with Crippen LogP contribution in [0.1, 0.15) is 48.7 Å². The van der Waals surface area contributed by atoms with Gasteiger partial charge in [0.15, 0.2) is 0 Å². The molecule has 1 heterocycles. The van der Waals surface area contributed by atoms with Crippen molar-refractivity contribution in [3.05, 3.63) is 47.0 Å². The zero-order chi connectivity index (χ0) is 18.0. The highest BCUT2D eigenvalue weighted by Gasteiger charge is 2.25. The number of carbonyl (C=O) groups is 1. The summed E-state index contributed by atoms with van der Waals surface area (Å²) in [5, 5.41) is 10.2. The summed E-state index contributed by atoms with van der Waals surface area (Å²) in [4.78, 5) is 12.4. The van der Waals surface area contributed by atoms with Crippen LogP contribution in [0.4, 0.5) is 9.18 Å². The number of rotatable bonds is 4. The molecule has 6 nitrogen and oxygen atoms in total. The molecule has 2 N–H and O–H groups in total. The van der Waals surface area contributed by atoms with Crippen molar-refractivity contribution in [1.29, 1.82) is 0 Å². The second-order valence-corrected chi connectivity index (χ2v) is 6.34. The van der Waals surface area contributed by atoms with Crippen molar-refractivity contribution < 1.29 is 13.9 Å². The molecule has 3 rings (SSSR count). The van der Waals surface area contributed by atoms with E-state index in [0.29, 0.717) is 11.3 Å². The average Bonchev–Trinajstić information content (AvgIpc) is 2.95. The van der Waals surface area contributed by atoms with Gasteiger partial charge in [-0.25, -0.2) is 9.18 Å². The van der Waals surface area contributed by atoms with E-state index in [4.69, 9.17) is 4.74 Å². The lowest BCUT2D eigenvalue weighted by Crippen LogP contribution is -2.40. The van der Waals surface area contributed by atoms with E-state index in [1.54, 1.807) is 23.7 Å². The van der Waals surface area contributed by atoms with E-state index in [9.17, 15) is 9.18 Å². The van der Waals surface area contributed by atoms with Crippen LogP contribution in [0.15, 0.2) is 24.4 Å². The minimum Gasteiger partial charge on any atom is -0.496 e. The van der Waals surface area contributed by atoms with Crippen molar-refractivity contribution in [3.63, 3.8) is 0 Å². The lowest BCUT2D eigenvalue weighted by molar-refractivity contribution is 0.232. The first-order chi connectivity index (χ1) is 12.0. The fourth-order valence-electron chi connectivity index (χ4n) is 3.40. The Morgan fingerprint density at radius 1 is 1.48 bits per heavy atom. The highest BCUT2D eigenvalue weighted by molar-refractivity contribution is 5.75. The van der Waals surface area contributed by atoms with Gasteiger partial charge in [-0.3, -0.25) is 4.68 Å². The Labute approximate surface area is 146 Å². The molecule has 0 bridgehead atoms. The molecule has 0 fully saturated rings. The lowest BCUT2D eigenvalue weighted by Gasteiger charge is -2.24. The number of aryl methyl sites for hydroxylation is 2. The summed E-state index contributed by atoms with van der Waals surface area (Å²) in [6, 6.07) is 3.69. The summed E-state index contributed by atoms with van der Waals surface area (Å²) < 4.78 is 21.1. The lowest BCUT2D eigenvalue weighted by atomic mass is 9.93. The van der Waals surface area contributed by atoms with E-state index in [2.05, 4.69) is 15.7 Å². The van der Waals surface area contributed by atoms with Crippen molar-refractivity contribution in [2.75, 3.05) is 7.11 Å². The molecule has 1 aromatic heterocycles. The van der Waals surface area contributed by atoms with Crippen molar-refractivity contribution in [3.8, 4) is 5.75 Å². The fraction of sp³-hybridized carbons (Fsp3) is 0.444. The number of hydrogen-bond donors (Lipinski definition) is 2. The first-order valence-electron chi connectivity index (χ1n) is 8.41. The molecule has 7 heteroatoms. The molecule has 25 heavy (non-hydrogen) atoms. The first-order valence-corrected chi connectivity index (χ1v) is 8.41. The Hall–Kier alpha value is -2.57. The number of methoxy groups -OCH3 is 1. The number of fused-ring (bicyclic) bond motifs is 1. The third-order valence-corrected chi connectivity index (χ3v) is 4.54. The smallest absolute Gasteiger partial charge is 0.315 e. The second kappa shape index (κ2) is 7.13. The molecule has 0 unspecified atom stereocenters. The summed E-state index contributed by atoms with van der Waals surface area (Å²) in [6.07, 6.45) is 4.72. The SMILES string of the molecule is COc1cccc(F)c1[C@@H](C)NC(=O)N[C@@H]1CCCc2nn(C)cc21. The Morgan fingerprint density at radius 2 is 2.28 bits per heavy atom. The zero-order valence-corrected chi connectivity index (χ0v) is 14.7. The number of halogens is 1. The number of nitrogens with one attached hydrogen (secondary N) is 2. The molecular weight excluding hydrogens is 323 g/mol. The van der Waals surface area contributed by atoms with Crippen LogP contribution in [-0.4, -0.2) is 22.9 Å². The van der Waals surface area contributed by atoms with Crippen molar-refractivity contribution >= 4 is 6.03 Å². The van der Waals surface area contributed by atoms with Gasteiger partial charge in [0.1, 0.15) is 11.6 Å². The second-order valence-electron chi connectivity index (χ2n) is 6.34. The Morgan fingerprint density at radius 3 is 3.04 bits per heavy atom. The number of hydrogen-bond acceptors (Lipinski definition) is 3. The molecular formula is C18H23FN4O2. The minimum atomic E-state index is -0.520. The molecule has 1 aliphatic carbocycles. The molecule has 1 aliphatic rings. The van der Waals surface area contributed by atoms with Crippen LogP contribution in [0.3, 0.4) is 0 Å². The molecule has 0 saturated heterocycles. The van der Waals surface area contributed by atoms with Gasteiger partial charge in [-0.1, -0.05) is 6.07 Å². The van der Waals surface area contributed by atoms with E-state index < -0.39 is 11.9 Å². The van der Waals surface area contributed by atoms with Crippen molar-refractivity contribution in [2.24, 2.45) is 7.05 Å². The summed E-state index contributed by atoms with van der Waals surface area (Å²) >= 11 is 0. The van der Waals surface area contributed by atoms with E-state index in [1.807, 2.05) is 13.2 Å². The molecule has 2 atom stereocenters. The molecule has 2 amide bonds. The van der Waals surface area contributed by atoms with Gasteiger partial charge < -0.3 is 15.4 Å². The Kier molecular flexibility index (Phi) is 4.92. The van der Waals surface area contributed by atoms with Gasteiger partial charge >= 0.3 is 6.03 Å². The first kappa shape index (κ1) is 17.3. The topological polar surface area (TPSA) is 68.2 Å². The third kappa shape index (κ3) is 3.60. The monoisotopic (exact) mass is 346 g/mol. The maximum absolute atomic E-state index is 14.1. The van der Waals surface area contributed by atoms with Crippen LogP contribution < -0.4 is 15.4 Å². The molecule has 0 aliphatic heterocycles. The summed E-state index contributed by atoms with van der Waals surface area (Å²) in [5.41, 5.74) is 2.42. The number of amides is 2. The molecule has 0 saturated carbocycles. The van der Waals surface area contributed by atoms with E-state index >= 15 is 0 Å². The van der Waals surface area contributed by atoms with Gasteiger partial charge in [0.25, 0.3) is 0 Å². The van der Waals surface area contributed by atoms with E-state index in [-0.39, 0.29) is 12.1 Å². The largest absolute Gasteiger partial charge is 0.496 e. The van der Waals surface area contributed by atoms with E-state index in [1.165, 1.54) is 13.2 Å². The molecule has 0 radical (unpaired) electrons. The summed E-state index contributed by atoms with van der Waals surface area (Å²) in [6.45, 7) is 1.73. The predicted octanol–water partition coefficient (Wildman–Crippen LogP) is 3.01. The number of ether oxygens (including phenoxy) is 1. The van der Waals surface area contributed by atoms with Crippen LogP contribution in [-0.2, 0) is 13.5 Å². The molecule has 134 valence electrons. The molecule has 0 spiro atoms. The standard InChI is InChI=1S/C18H23FN4O2/c1-11(17-13(19)6-4-9-16(17)25-3)20-18(24)21-14-7-5-8-15-12(14)10-23(2)22-15/h4,6,9-11,14H,5,7-8H2,1-3H3,(H2,20,21,24)/t11-,14-/m1/s1. The van der Waals surface area contributed by atoms with Crippen molar-refractivity contribution in [2.45, 2.75) is 38.3 Å². The maximum atomic E-state index is 14.1. The quantitative estimate of drug-likeness (QED) is 0.894. The highest BCUT2D eigenvalue weighted by atomic mass is 19.1. The van der Waals surface area contributed by atoms with Gasteiger partial charge in [-0.05, 0) is 38.3 Å². The van der Waals surface area contributed by atoms with Gasteiger partial charge in [0.2, 0.25) is 0 Å². The van der Waals surface area contributed by atoms with Gasteiger partial charge in [-0.2, -0.15) is 5.10 Å². The van der Waals surface area contributed by atoms with Crippen molar-refractivity contribution in [1.82, 2.24) is 20.4 Å². The van der Waals surface area contributed by atoms with Gasteiger partial charge in [0.05, 0.1) is 30.5 Å². The van der Waals surface area contributed by atoms with Crippen LogP contribution in [0.2, 0.25) is 0 Å². The minimum absolute atomic E-state index is 0.0767. The number of carbonyl (C=O) groups excluding carboxylic acids is 1. The number of nitrogens with zero attached hydrogens (tertiary/aromatic N) is 2. The Balaban J connectivity index is 1.69. The van der Waals surface area contributed by atoms with Crippen LogP contribution in [0.5, 0.6) is 5.75 Å². The van der Waals surface area contributed by atoms with Crippen LogP contribution in [0.25, 0.3) is 0 Å². The maximum Gasteiger partial charge on any atom is 0.315 e. The number of aromatic nitrogens is 2. The number of benzene rings is 1.